The zero-order valence-electron chi connectivity index (χ0n) is 17.3. The summed E-state index contributed by atoms with van der Waals surface area (Å²) < 4.78 is 27.0. The quantitative estimate of drug-likeness (QED) is 0.539. The van der Waals surface area contributed by atoms with Crippen LogP contribution < -0.4 is 4.90 Å². The fourth-order valence-electron chi connectivity index (χ4n) is 3.37. The Kier molecular flexibility index (Phi) is 6.49. The van der Waals surface area contributed by atoms with Gasteiger partial charge < -0.3 is 19.1 Å². The minimum atomic E-state index is -2.10. The van der Waals surface area contributed by atoms with Gasteiger partial charge in [0.2, 0.25) is 0 Å². The summed E-state index contributed by atoms with van der Waals surface area (Å²) in [5.74, 6) is 0.00735. The van der Waals surface area contributed by atoms with Gasteiger partial charge in [0, 0.05) is 37.5 Å². The molecule has 1 saturated heterocycles. The number of ether oxygens (including phenoxy) is 1. The van der Waals surface area contributed by atoms with Gasteiger partial charge in [0.1, 0.15) is 10.3 Å². The van der Waals surface area contributed by atoms with Crippen LogP contribution in [0.5, 0.6) is 0 Å². The molecule has 2 aromatic heterocycles. The summed E-state index contributed by atoms with van der Waals surface area (Å²) in [6.45, 7) is 6.28. The first-order valence-corrected chi connectivity index (χ1v) is 12.1. The van der Waals surface area contributed by atoms with E-state index in [9.17, 15) is 13.6 Å². The van der Waals surface area contributed by atoms with Crippen LogP contribution in [-0.4, -0.2) is 62.0 Å². The van der Waals surface area contributed by atoms with Crippen LogP contribution in [0, 0.1) is 0 Å². The molecule has 1 amide bonds. The van der Waals surface area contributed by atoms with E-state index >= 15 is 0 Å². The molecular formula is C21H23N4O4S2-. The van der Waals surface area contributed by atoms with Crippen molar-refractivity contribution in [3.05, 3.63) is 42.0 Å². The van der Waals surface area contributed by atoms with Crippen molar-refractivity contribution < 1.29 is 18.3 Å². The number of thiazole rings is 1. The molecule has 1 aliphatic heterocycles. The molecule has 1 aromatic carbocycles. The number of fused-ring (bicyclic) bond motifs is 1. The van der Waals surface area contributed by atoms with Gasteiger partial charge in [0.05, 0.1) is 11.8 Å². The van der Waals surface area contributed by atoms with E-state index in [-0.39, 0.29) is 18.0 Å². The smallest absolute Gasteiger partial charge is 0.410 e. The summed E-state index contributed by atoms with van der Waals surface area (Å²) in [4.78, 5) is 26.3. The highest BCUT2D eigenvalue weighted by molar-refractivity contribution is 7.78. The Bertz CT molecular complexity index is 1090. The van der Waals surface area contributed by atoms with Crippen molar-refractivity contribution in [3.63, 3.8) is 0 Å². The molecule has 0 N–H and O–H groups in total. The minimum absolute atomic E-state index is 0.00735. The molecule has 0 radical (unpaired) electrons. The lowest BCUT2D eigenvalue weighted by molar-refractivity contribution is 0.0751. The minimum Gasteiger partial charge on any atom is -0.772 e. The standard InChI is InChI=1S/C21H24N4O4S2/c1-14(2)29-21(26)25-11-9-24(10-12-25)20-23-18-8-7-17(22-19(18)30-20)16-5-3-15(4-6-16)13-31(27)28/h3-8,14H,9-13H2,1-2H3,(H,27,28)/p-1. The highest BCUT2D eigenvalue weighted by atomic mass is 32.2. The second-order valence-corrected chi connectivity index (χ2v) is 9.42. The van der Waals surface area contributed by atoms with Gasteiger partial charge in [-0.15, -0.1) is 0 Å². The molecule has 3 heterocycles. The number of rotatable bonds is 5. The molecule has 1 unspecified atom stereocenters. The maximum atomic E-state index is 12.1. The van der Waals surface area contributed by atoms with Gasteiger partial charge in [-0.2, -0.15) is 0 Å². The average Bonchev–Trinajstić information content (AvgIpc) is 3.17. The van der Waals surface area contributed by atoms with Crippen LogP contribution in [0.4, 0.5) is 9.93 Å². The van der Waals surface area contributed by atoms with Crippen LogP contribution in [-0.2, 0) is 21.6 Å². The van der Waals surface area contributed by atoms with E-state index in [2.05, 4.69) is 4.90 Å². The maximum Gasteiger partial charge on any atom is 0.410 e. The van der Waals surface area contributed by atoms with Crippen LogP contribution in [0.25, 0.3) is 21.6 Å². The summed E-state index contributed by atoms with van der Waals surface area (Å²) >= 11 is -0.568. The van der Waals surface area contributed by atoms with Crippen LogP contribution in [0.1, 0.15) is 19.4 Å². The van der Waals surface area contributed by atoms with Gasteiger partial charge in [-0.25, -0.2) is 14.8 Å². The van der Waals surface area contributed by atoms with Crippen molar-refractivity contribution >= 4 is 44.0 Å². The molecule has 31 heavy (non-hydrogen) atoms. The van der Waals surface area contributed by atoms with Gasteiger partial charge in [-0.1, -0.05) is 46.7 Å². The van der Waals surface area contributed by atoms with E-state index in [0.29, 0.717) is 26.2 Å². The zero-order chi connectivity index (χ0) is 22.0. The molecule has 3 aromatic rings. The van der Waals surface area contributed by atoms with Crippen LogP contribution in [0.15, 0.2) is 36.4 Å². The van der Waals surface area contributed by atoms with Crippen molar-refractivity contribution in [2.75, 3.05) is 31.1 Å². The highest BCUT2D eigenvalue weighted by Crippen LogP contribution is 2.30. The first kappa shape index (κ1) is 21.7. The molecule has 1 atom stereocenters. The molecule has 4 rings (SSSR count). The van der Waals surface area contributed by atoms with E-state index in [1.807, 2.05) is 38.1 Å². The molecule has 164 valence electrons. The van der Waals surface area contributed by atoms with E-state index in [0.717, 1.165) is 32.3 Å². The predicted octanol–water partition coefficient (Wildman–Crippen LogP) is 3.40. The largest absolute Gasteiger partial charge is 0.772 e. The number of hydrogen-bond acceptors (Lipinski definition) is 8. The average molecular weight is 460 g/mol. The molecule has 0 saturated carbocycles. The van der Waals surface area contributed by atoms with Crippen molar-refractivity contribution in [2.24, 2.45) is 0 Å². The Morgan fingerprint density at radius 1 is 1.13 bits per heavy atom. The van der Waals surface area contributed by atoms with Gasteiger partial charge in [0.15, 0.2) is 5.13 Å². The van der Waals surface area contributed by atoms with Crippen molar-refractivity contribution in [1.29, 1.82) is 0 Å². The molecule has 8 nitrogen and oxygen atoms in total. The monoisotopic (exact) mass is 459 g/mol. The molecule has 0 bridgehead atoms. The Morgan fingerprint density at radius 3 is 2.48 bits per heavy atom. The lowest BCUT2D eigenvalue weighted by Gasteiger charge is -2.34. The lowest BCUT2D eigenvalue weighted by atomic mass is 10.1. The first-order chi connectivity index (χ1) is 14.9. The summed E-state index contributed by atoms with van der Waals surface area (Å²) in [5, 5.41) is 0.893. The number of anilines is 1. The second kappa shape index (κ2) is 9.29. The fraction of sp³-hybridized carbons (Fsp3) is 0.381. The number of hydrogen-bond donors (Lipinski definition) is 0. The normalized spacial score (nSPS) is 15.5. The van der Waals surface area contributed by atoms with E-state index in [1.165, 1.54) is 11.3 Å². The molecule has 0 spiro atoms. The maximum absolute atomic E-state index is 12.1. The highest BCUT2D eigenvalue weighted by Gasteiger charge is 2.24. The Balaban J connectivity index is 1.46. The number of carbonyl (C=O) groups excluding carboxylic acids is 1. The third kappa shape index (κ3) is 5.20. The first-order valence-electron chi connectivity index (χ1n) is 10.0. The molecule has 1 fully saturated rings. The number of nitrogens with zero attached hydrogens (tertiary/aromatic N) is 4. The zero-order valence-corrected chi connectivity index (χ0v) is 18.9. The van der Waals surface area contributed by atoms with Gasteiger partial charge >= 0.3 is 6.09 Å². The number of aromatic nitrogens is 2. The van der Waals surface area contributed by atoms with Crippen molar-refractivity contribution in [3.8, 4) is 11.3 Å². The Morgan fingerprint density at radius 2 is 1.84 bits per heavy atom. The lowest BCUT2D eigenvalue weighted by Crippen LogP contribution is -2.49. The number of piperazine rings is 1. The van der Waals surface area contributed by atoms with Gasteiger partial charge in [0.25, 0.3) is 0 Å². The number of benzene rings is 1. The van der Waals surface area contributed by atoms with Crippen LogP contribution in [0.3, 0.4) is 0 Å². The van der Waals surface area contributed by atoms with Gasteiger partial charge in [-0.3, -0.25) is 4.21 Å². The SMILES string of the molecule is CC(C)OC(=O)N1CCN(c2nc3ccc(-c4ccc(CS(=O)[O-])cc4)nc3s2)CC1. The summed E-state index contributed by atoms with van der Waals surface area (Å²) in [5.41, 5.74) is 3.33. The van der Waals surface area contributed by atoms with Crippen molar-refractivity contribution in [2.45, 2.75) is 25.7 Å². The second-order valence-electron chi connectivity index (χ2n) is 7.57. The summed E-state index contributed by atoms with van der Waals surface area (Å²) in [6.07, 6.45) is -0.389. The van der Waals surface area contributed by atoms with Crippen LogP contribution in [0.2, 0.25) is 0 Å². The molecule has 0 aliphatic carbocycles. The topological polar surface area (TPSA) is 98.7 Å². The predicted molar refractivity (Wildman–Crippen MR) is 121 cm³/mol. The molecular weight excluding hydrogens is 436 g/mol. The van der Waals surface area contributed by atoms with Gasteiger partial charge in [-0.05, 0) is 31.5 Å². The summed E-state index contributed by atoms with van der Waals surface area (Å²) in [6, 6.07) is 11.3. The molecule has 1 aliphatic rings. The fourth-order valence-corrected chi connectivity index (χ4v) is 4.82. The van der Waals surface area contributed by atoms with E-state index in [1.54, 1.807) is 17.0 Å². The van der Waals surface area contributed by atoms with Crippen LogP contribution >= 0.6 is 11.3 Å². The van der Waals surface area contributed by atoms with E-state index < -0.39 is 11.1 Å². The van der Waals surface area contributed by atoms with E-state index in [4.69, 9.17) is 14.7 Å². The summed E-state index contributed by atoms with van der Waals surface area (Å²) in [7, 11) is 0. The Labute approximate surface area is 187 Å². The molecule has 10 heteroatoms. The third-order valence-electron chi connectivity index (χ3n) is 4.92. The number of pyridine rings is 1. The Hall–Kier alpha value is -2.56. The van der Waals surface area contributed by atoms with Crippen molar-refractivity contribution in [1.82, 2.24) is 14.9 Å². The third-order valence-corrected chi connectivity index (χ3v) is 6.52. The number of carbonyl (C=O) groups is 1. The number of amides is 1.